The second-order valence-electron chi connectivity index (χ2n) is 2.36. The normalized spacial score (nSPS) is 12.2. The van der Waals surface area contributed by atoms with E-state index in [2.05, 4.69) is 19.3 Å². The summed E-state index contributed by atoms with van der Waals surface area (Å²) in [5.74, 6) is -0.290. The van der Waals surface area contributed by atoms with E-state index in [1.807, 2.05) is 0 Å². The number of hydrogen-bond donors (Lipinski definition) is 1. The van der Waals surface area contributed by atoms with Crippen LogP contribution in [-0.4, -0.2) is 31.7 Å². The van der Waals surface area contributed by atoms with E-state index < -0.39 is 0 Å². The third-order valence-corrected chi connectivity index (χ3v) is 1.96. The maximum Gasteiger partial charge on any atom is 0.305 e. The van der Waals surface area contributed by atoms with Crippen LogP contribution in [0, 0.1) is 0 Å². The van der Waals surface area contributed by atoms with E-state index in [0.29, 0.717) is 6.42 Å². The van der Waals surface area contributed by atoms with Crippen LogP contribution in [0.2, 0.25) is 0 Å². The molecule has 0 heterocycles. The fraction of sp³-hybridized carbons (Fsp3) is 0.714. The van der Waals surface area contributed by atoms with Crippen LogP contribution in [0.5, 0.6) is 0 Å². The lowest BCUT2D eigenvalue weighted by Crippen LogP contribution is -2.31. The molecule has 0 aliphatic heterocycles. The molecule has 0 aromatic rings. The lowest BCUT2D eigenvalue weighted by Gasteiger charge is -2.10. The van der Waals surface area contributed by atoms with Gasteiger partial charge in [0.05, 0.1) is 13.2 Å². The zero-order valence-electron chi connectivity index (χ0n) is 7.29. The first-order chi connectivity index (χ1) is 5.61. The number of methoxy groups -OCH3 is 1. The molecule has 0 bridgehead atoms. The summed E-state index contributed by atoms with van der Waals surface area (Å²) in [7, 11) is 5.10. The quantitative estimate of drug-likeness (QED) is 0.488. The Bertz CT molecular complexity index is 172. The zero-order valence-corrected chi connectivity index (χ0v) is 8.45. The first-order valence-corrected chi connectivity index (χ1v) is 4.23. The summed E-state index contributed by atoms with van der Waals surface area (Å²) in [6.07, 6.45) is 0.744. The summed E-state index contributed by atoms with van der Waals surface area (Å²) in [5, 5.41) is 2.80. The molecule has 0 spiro atoms. The van der Waals surface area contributed by atoms with Crippen LogP contribution in [0.25, 0.3) is 0 Å². The molecule has 0 rings (SSSR count). The number of esters is 1. The van der Waals surface area contributed by atoms with E-state index in [1.54, 1.807) is 7.05 Å². The van der Waals surface area contributed by atoms with E-state index in [9.17, 15) is 9.59 Å². The number of likely N-dealkylation sites (N-methyl/N-ethyl adjacent to an activating group) is 1. The summed E-state index contributed by atoms with van der Waals surface area (Å²) < 4.78 is 4.44. The molecule has 2 unspecified atom stereocenters. The highest BCUT2D eigenvalue weighted by Crippen LogP contribution is 2.03. The summed E-state index contributed by atoms with van der Waals surface area (Å²) in [5.41, 5.74) is -0.0404. The van der Waals surface area contributed by atoms with Crippen molar-refractivity contribution in [3.63, 3.8) is 0 Å². The van der Waals surface area contributed by atoms with Gasteiger partial charge in [0.25, 0.3) is 0 Å². The lowest BCUT2D eigenvalue weighted by atomic mass is 10.2. The first-order valence-electron chi connectivity index (χ1n) is 3.65. The molecule has 0 amide bonds. The minimum atomic E-state index is -0.290. The zero-order chi connectivity index (χ0) is 9.56. The lowest BCUT2D eigenvalue weighted by molar-refractivity contribution is -0.140. The van der Waals surface area contributed by atoms with Gasteiger partial charge in [0.2, 0.25) is 0 Å². The minimum absolute atomic E-state index is 0.0404. The van der Waals surface area contributed by atoms with Crippen molar-refractivity contribution in [2.24, 2.45) is 0 Å². The molecule has 0 aromatic heterocycles. The molecule has 4 nitrogen and oxygen atoms in total. The fourth-order valence-corrected chi connectivity index (χ4v) is 1.13. The van der Waals surface area contributed by atoms with Crippen molar-refractivity contribution in [2.75, 3.05) is 14.2 Å². The molecule has 0 radical (unpaired) electrons. The van der Waals surface area contributed by atoms with Gasteiger partial charge in [-0.05, 0) is 13.5 Å². The highest BCUT2D eigenvalue weighted by molar-refractivity contribution is 7.40. The Balaban J connectivity index is 3.73. The second-order valence-corrected chi connectivity index (χ2v) is 2.93. The van der Waals surface area contributed by atoms with Crippen LogP contribution < -0.4 is 5.32 Å². The molecule has 2 atom stereocenters. The molecule has 1 N–H and O–H groups in total. The third-order valence-electron chi connectivity index (χ3n) is 1.56. The van der Waals surface area contributed by atoms with Crippen molar-refractivity contribution >= 4 is 20.7 Å². The Morgan fingerprint density at radius 1 is 1.58 bits per heavy atom. The largest absolute Gasteiger partial charge is 0.469 e. The number of hydrogen-bond acceptors (Lipinski definition) is 4. The van der Waals surface area contributed by atoms with E-state index >= 15 is 0 Å². The molecule has 5 heteroatoms. The molecule has 0 fully saturated rings. The number of nitrogens with one attached hydrogen (secondary N) is 1. The number of carbonyl (C=O) groups is 2. The van der Waals surface area contributed by atoms with Gasteiger partial charge in [-0.3, -0.25) is 9.59 Å². The molecule has 0 saturated carbocycles. The predicted octanol–water partition coefficient (Wildman–Crippen LogP) is -0.0707. The van der Waals surface area contributed by atoms with E-state index in [-0.39, 0.29) is 24.0 Å². The van der Waals surface area contributed by atoms with E-state index in [4.69, 9.17) is 0 Å². The van der Waals surface area contributed by atoms with Crippen LogP contribution in [0.15, 0.2) is 0 Å². The first kappa shape index (κ1) is 11.5. The Kier molecular flexibility index (Phi) is 5.85. The molecule has 12 heavy (non-hydrogen) atoms. The van der Waals surface area contributed by atoms with Gasteiger partial charge in [0.15, 0.2) is 5.52 Å². The SMILES string of the molecule is CNC(CCC(=O)OC)C(=O)P. The Hall–Kier alpha value is -0.470. The summed E-state index contributed by atoms with van der Waals surface area (Å²) >= 11 is 0. The van der Waals surface area contributed by atoms with Crippen molar-refractivity contribution < 1.29 is 14.3 Å². The molecule has 0 aliphatic carbocycles. The topological polar surface area (TPSA) is 55.4 Å². The molecule has 0 aliphatic rings. The van der Waals surface area contributed by atoms with Crippen molar-refractivity contribution in [1.82, 2.24) is 5.32 Å². The van der Waals surface area contributed by atoms with Crippen LogP contribution in [0.4, 0.5) is 0 Å². The maximum absolute atomic E-state index is 10.8. The van der Waals surface area contributed by atoms with Gasteiger partial charge < -0.3 is 10.1 Å². The van der Waals surface area contributed by atoms with Crippen LogP contribution in [-0.2, 0) is 14.3 Å². The molecule has 0 saturated heterocycles. The van der Waals surface area contributed by atoms with Gasteiger partial charge in [0, 0.05) is 6.42 Å². The summed E-state index contributed by atoms with van der Waals surface area (Å²) in [6, 6.07) is -0.269. The van der Waals surface area contributed by atoms with Crippen molar-refractivity contribution in [2.45, 2.75) is 18.9 Å². The van der Waals surface area contributed by atoms with Gasteiger partial charge in [0.1, 0.15) is 0 Å². The summed E-state index contributed by atoms with van der Waals surface area (Å²) in [6.45, 7) is 0. The van der Waals surface area contributed by atoms with Gasteiger partial charge in [-0.2, -0.15) is 0 Å². The van der Waals surface area contributed by atoms with Crippen molar-refractivity contribution in [3.05, 3.63) is 0 Å². The number of carbonyl (C=O) groups excluding carboxylic acids is 2. The highest BCUT2D eigenvalue weighted by atomic mass is 31.0. The Morgan fingerprint density at radius 2 is 2.17 bits per heavy atom. The van der Waals surface area contributed by atoms with E-state index in [1.165, 1.54) is 7.11 Å². The molecular formula is C7H14NO3P. The van der Waals surface area contributed by atoms with E-state index in [0.717, 1.165) is 0 Å². The monoisotopic (exact) mass is 191 g/mol. The standard InChI is InChI=1S/C7H14NO3P/c1-8-5(7(10)12)3-4-6(9)11-2/h5,8H,3-4,12H2,1-2H3. The highest BCUT2D eigenvalue weighted by Gasteiger charge is 2.13. The Morgan fingerprint density at radius 3 is 2.50 bits per heavy atom. The Labute approximate surface area is 74.2 Å². The third kappa shape index (κ3) is 4.42. The van der Waals surface area contributed by atoms with Crippen molar-refractivity contribution in [3.8, 4) is 0 Å². The second kappa shape index (κ2) is 6.09. The van der Waals surface area contributed by atoms with Gasteiger partial charge >= 0.3 is 5.97 Å². The minimum Gasteiger partial charge on any atom is -0.469 e. The smallest absolute Gasteiger partial charge is 0.305 e. The average Bonchev–Trinajstić information content (AvgIpc) is 2.04. The number of rotatable bonds is 5. The molecular weight excluding hydrogens is 177 g/mol. The molecule has 0 aromatic carbocycles. The van der Waals surface area contributed by atoms with Crippen LogP contribution in [0.1, 0.15) is 12.8 Å². The van der Waals surface area contributed by atoms with Crippen LogP contribution >= 0.6 is 9.24 Å². The van der Waals surface area contributed by atoms with Gasteiger partial charge in [-0.15, -0.1) is 0 Å². The molecule has 70 valence electrons. The maximum atomic E-state index is 10.8. The van der Waals surface area contributed by atoms with Gasteiger partial charge in [-0.25, -0.2) is 0 Å². The van der Waals surface area contributed by atoms with Crippen LogP contribution in [0.3, 0.4) is 0 Å². The summed E-state index contributed by atoms with van der Waals surface area (Å²) in [4.78, 5) is 21.5. The fourth-order valence-electron chi connectivity index (χ4n) is 0.793. The predicted molar refractivity (Wildman–Crippen MR) is 48.8 cm³/mol. The number of ether oxygens (including phenoxy) is 1. The van der Waals surface area contributed by atoms with Crippen molar-refractivity contribution in [1.29, 1.82) is 0 Å². The average molecular weight is 191 g/mol. The van der Waals surface area contributed by atoms with Gasteiger partial charge in [-0.1, -0.05) is 9.24 Å².